The third-order valence-electron chi connectivity index (χ3n) is 4.54. The molecule has 0 saturated heterocycles. The zero-order valence-corrected chi connectivity index (χ0v) is 14.4. The number of amides is 3. The van der Waals surface area contributed by atoms with Crippen molar-refractivity contribution in [2.24, 2.45) is 0 Å². The molecule has 5 rings (SSSR count). The van der Waals surface area contributed by atoms with Crippen LogP contribution in [0.4, 0.5) is 5.13 Å². The van der Waals surface area contributed by atoms with Gasteiger partial charge in [-0.25, -0.2) is 9.88 Å². The van der Waals surface area contributed by atoms with Crippen molar-refractivity contribution in [2.75, 3.05) is 4.90 Å². The molecule has 1 saturated carbocycles. The van der Waals surface area contributed by atoms with E-state index in [4.69, 9.17) is 0 Å². The number of nitrogens with zero attached hydrogens (tertiary/aromatic N) is 2. The summed E-state index contributed by atoms with van der Waals surface area (Å²) in [6.45, 7) is 0. The van der Waals surface area contributed by atoms with Crippen LogP contribution in [0.15, 0.2) is 42.5 Å². The number of carbonyl (C=O) groups excluding carboxylic acids is 3. The molecule has 0 atom stereocenters. The summed E-state index contributed by atoms with van der Waals surface area (Å²) in [5.41, 5.74) is 1.99. The van der Waals surface area contributed by atoms with Gasteiger partial charge in [0.25, 0.3) is 17.7 Å². The molecule has 26 heavy (non-hydrogen) atoms. The molecule has 0 radical (unpaired) electrons. The molecule has 2 heterocycles. The summed E-state index contributed by atoms with van der Waals surface area (Å²) in [4.78, 5) is 42.9. The van der Waals surface area contributed by atoms with Crippen molar-refractivity contribution in [3.05, 3.63) is 59.2 Å². The number of carbonyl (C=O) groups is 3. The van der Waals surface area contributed by atoms with Crippen LogP contribution >= 0.6 is 11.3 Å². The fourth-order valence-corrected chi connectivity index (χ4v) is 4.01. The average Bonchev–Trinajstić information content (AvgIpc) is 3.30. The van der Waals surface area contributed by atoms with Crippen LogP contribution in [-0.2, 0) is 0 Å². The van der Waals surface area contributed by atoms with E-state index >= 15 is 0 Å². The molecule has 7 heteroatoms. The second-order valence-electron chi connectivity index (χ2n) is 6.42. The fraction of sp³-hybridized carbons (Fsp3) is 0.158. The van der Waals surface area contributed by atoms with E-state index in [1.54, 1.807) is 42.5 Å². The van der Waals surface area contributed by atoms with Gasteiger partial charge in [0, 0.05) is 11.6 Å². The Morgan fingerprint density at radius 1 is 1.08 bits per heavy atom. The monoisotopic (exact) mass is 363 g/mol. The lowest BCUT2D eigenvalue weighted by Crippen LogP contribution is -2.29. The first-order chi connectivity index (χ1) is 12.6. The molecule has 1 aromatic heterocycles. The normalized spacial score (nSPS) is 16.2. The Morgan fingerprint density at radius 2 is 1.77 bits per heavy atom. The van der Waals surface area contributed by atoms with E-state index in [-0.39, 0.29) is 23.8 Å². The Balaban J connectivity index is 1.51. The van der Waals surface area contributed by atoms with Crippen LogP contribution in [0.2, 0.25) is 0 Å². The number of benzene rings is 2. The number of rotatable bonds is 3. The predicted octanol–water partition coefficient (Wildman–Crippen LogP) is 2.99. The summed E-state index contributed by atoms with van der Waals surface area (Å²) in [5, 5.41) is 3.27. The summed E-state index contributed by atoms with van der Waals surface area (Å²) in [5.74, 6) is -0.835. The van der Waals surface area contributed by atoms with E-state index in [2.05, 4.69) is 10.3 Å². The minimum absolute atomic E-state index is 0.106. The van der Waals surface area contributed by atoms with E-state index in [9.17, 15) is 14.4 Å². The zero-order valence-electron chi connectivity index (χ0n) is 13.6. The average molecular weight is 363 g/mol. The van der Waals surface area contributed by atoms with E-state index < -0.39 is 0 Å². The van der Waals surface area contributed by atoms with Gasteiger partial charge in [-0.05, 0) is 43.2 Å². The minimum atomic E-state index is -0.364. The Labute approximate surface area is 152 Å². The molecule has 0 spiro atoms. The molecule has 2 aliphatic rings. The molecule has 1 N–H and O–H groups in total. The minimum Gasteiger partial charge on any atom is -0.349 e. The van der Waals surface area contributed by atoms with Gasteiger partial charge in [-0.1, -0.05) is 23.5 Å². The number of hydrogen-bond donors (Lipinski definition) is 1. The third kappa shape index (κ3) is 2.32. The highest BCUT2D eigenvalue weighted by atomic mass is 32.1. The number of aromatic nitrogens is 1. The van der Waals surface area contributed by atoms with Crippen molar-refractivity contribution in [1.29, 1.82) is 0 Å². The first-order valence-corrected chi connectivity index (χ1v) is 9.13. The number of imide groups is 1. The maximum Gasteiger partial charge on any atom is 0.268 e. The summed E-state index contributed by atoms with van der Waals surface area (Å²) < 4.78 is 0.764. The van der Waals surface area contributed by atoms with Crippen LogP contribution in [0.25, 0.3) is 10.2 Å². The van der Waals surface area contributed by atoms with Gasteiger partial charge in [0.15, 0.2) is 0 Å². The van der Waals surface area contributed by atoms with Crippen molar-refractivity contribution < 1.29 is 14.4 Å². The Kier molecular flexibility index (Phi) is 3.20. The molecule has 6 nitrogen and oxygen atoms in total. The van der Waals surface area contributed by atoms with Crippen molar-refractivity contribution in [3.8, 4) is 0 Å². The van der Waals surface area contributed by atoms with Crippen molar-refractivity contribution in [3.63, 3.8) is 0 Å². The van der Waals surface area contributed by atoms with Gasteiger partial charge in [0.05, 0.1) is 21.3 Å². The van der Waals surface area contributed by atoms with E-state index in [0.717, 1.165) is 22.4 Å². The second kappa shape index (κ2) is 5.47. The molecule has 1 aliphatic carbocycles. The summed E-state index contributed by atoms with van der Waals surface area (Å²) in [6.07, 6.45) is 2.05. The van der Waals surface area contributed by atoms with Crippen LogP contribution < -0.4 is 10.2 Å². The number of anilines is 1. The standard InChI is InChI=1S/C19H13N3O3S/c23-16(20-11-6-7-11)10-5-8-14-15(9-10)26-19(21-14)22-17(24)12-3-1-2-4-13(12)18(22)25/h1-5,8-9,11H,6-7H2,(H,20,23). The number of nitrogens with one attached hydrogen (secondary N) is 1. The third-order valence-corrected chi connectivity index (χ3v) is 5.54. The van der Waals surface area contributed by atoms with Gasteiger partial charge in [-0.2, -0.15) is 0 Å². The second-order valence-corrected chi connectivity index (χ2v) is 7.43. The highest BCUT2D eigenvalue weighted by Crippen LogP contribution is 2.34. The molecule has 1 fully saturated rings. The molecular formula is C19H13N3O3S. The Morgan fingerprint density at radius 3 is 2.42 bits per heavy atom. The molecule has 128 valence electrons. The lowest BCUT2D eigenvalue weighted by molar-refractivity contribution is 0.0921. The van der Waals surface area contributed by atoms with Crippen LogP contribution in [0.1, 0.15) is 43.9 Å². The quantitative estimate of drug-likeness (QED) is 0.726. The Hall–Kier alpha value is -3.06. The maximum atomic E-state index is 12.6. The fourth-order valence-electron chi connectivity index (χ4n) is 3.01. The van der Waals surface area contributed by atoms with E-state index in [0.29, 0.717) is 27.3 Å². The van der Waals surface area contributed by atoms with Gasteiger partial charge >= 0.3 is 0 Å². The maximum absolute atomic E-state index is 12.6. The van der Waals surface area contributed by atoms with Gasteiger partial charge < -0.3 is 5.32 Å². The van der Waals surface area contributed by atoms with Crippen LogP contribution in [0.3, 0.4) is 0 Å². The van der Waals surface area contributed by atoms with Crippen LogP contribution in [0, 0.1) is 0 Å². The summed E-state index contributed by atoms with van der Waals surface area (Å²) >= 11 is 1.23. The number of hydrogen-bond acceptors (Lipinski definition) is 5. The summed E-state index contributed by atoms with van der Waals surface area (Å²) in [6, 6.07) is 12.3. The lowest BCUT2D eigenvalue weighted by atomic mass is 10.1. The van der Waals surface area contributed by atoms with Gasteiger partial charge in [0.1, 0.15) is 0 Å². The zero-order chi connectivity index (χ0) is 17.8. The van der Waals surface area contributed by atoms with Gasteiger partial charge in [-0.15, -0.1) is 0 Å². The highest BCUT2D eigenvalue weighted by Gasteiger charge is 2.38. The molecule has 0 unspecified atom stereocenters. The predicted molar refractivity (Wildman–Crippen MR) is 97.7 cm³/mol. The molecule has 0 bridgehead atoms. The number of thiazole rings is 1. The first kappa shape index (κ1) is 15.2. The number of fused-ring (bicyclic) bond motifs is 2. The molecular weight excluding hydrogens is 350 g/mol. The summed E-state index contributed by atoms with van der Waals surface area (Å²) in [7, 11) is 0. The van der Waals surface area contributed by atoms with E-state index in [1.807, 2.05) is 0 Å². The topological polar surface area (TPSA) is 79.4 Å². The van der Waals surface area contributed by atoms with Crippen LogP contribution in [-0.4, -0.2) is 28.7 Å². The lowest BCUT2D eigenvalue weighted by Gasteiger charge is -2.08. The molecule has 3 amide bonds. The highest BCUT2D eigenvalue weighted by molar-refractivity contribution is 7.22. The SMILES string of the molecule is O=C(NC1CC1)c1ccc2nc(N3C(=O)c4ccccc4C3=O)sc2c1. The Bertz CT molecular complexity index is 1070. The van der Waals surface area contributed by atoms with Crippen molar-refractivity contribution >= 4 is 44.4 Å². The van der Waals surface area contributed by atoms with Gasteiger partial charge in [-0.3, -0.25) is 14.4 Å². The smallest absolute Gasteiger partial charge is 0.268 e. The van der Waals surface area contributed by atoms with E-state index in [1.165, 1.54) is 11.3 Å². The van der Waals surface area contributed by atoms with Crippen molar-refractivity contribution in [2.45, 2.75) is 18.9 Å². The van der Waals surface area contributed by atoms with Gasteiger partial charge in [0.2, 0.25) is 5.13 Å². The molecule has 1 aliphatic heterocycles. The molecule has 2 aromatic carbocycles. The molecule has 3 aromatic rings. The van der Waals surface area contributed by atoms with Crippen LogP contribution in [0.5, 0.6) is 0 Å². The largest absolute Gasteiger partial charge is 0.349 e. The first-order valence-electron chi connectivity index (χ1n) is 8.31. The van der Waals surface area contributed by atoms with Crippen molar-refractivity contribution in [1.82, 2.24) is 10.3 Å².